The van der Waals surface area contributed by atoms with Crippen LogP contribution in [0.4, 0.5) is 23.1 Å². The third-order valence-corrected chi connectivity index (χ3v) is 3.76. The number of nitrogens with zero attached hydrogens (tertiary/aromatic N) is 4. The van der Waals surface area contributed by atoms with E-state index in [1.165, 1.54) is 6.07 Å². The molecular weight excluding hydrogens is 386 g/mol. The lowest BCUT2D eigenvalue weighted by Gasteiger charge is -2.11. The van der Waals surface area contributed by atoms with E-state index in [-0.39, 0.29) is 17.2 Å². The fraction of sp³-hybridized carbons (Fsp3) is 0.0588. The normalized spacial score (nSPS) is 10.2. The van der Waals surface area contributed by atoms with Crippen molar-refractivity contribution in [3.05, 3.63) is 75.2 Å². The molecule has 0 aliphatic heterocycles. The summed E-state index contributed by atoms with van der Waals surface area (Å²) in [6.07, 6.45) is 1.12. The summed E-state index contributed by atoms with van der Waals surface area (Å²) in [4.78, 5) is 35.1. The first-order valence-electron chi connectivity index (χ1n) is 7.96. The minimum absolute atomic E-state index is 0.0717. The minimum Gasteiger partial charge on any atom is -0.319 e. The number of rotatable bonds is 6. The minimum atomic E-state index is -0.661. The summed E-state index contributed by atoms with van der Waals surface area (Å²) in [5.74, 6) is -0.413. The standard InChI is InChI=1S/C17H14ClN7O3/c1-10-4-2-7-13(21-10)22-15-14(25(27)28)16(20-9-19-15)23-24-17(26)11-5-3-6-12(18)8-11/h2-9H,1H3,(H,24,26)(H2,19,20,21,22,23). The largest absolute Gasteiger partial charge is 0.355 e. The fourth-order valence-corrected chi connectivity index (χ4v) is 2.48. The van der Waals surface area contributed by atoms with Gasteiger partial charge in [-0.2, -0.15) is 0 Å². The molecule has 1 aromatic carbocycles. The predicted molar refractivity (Wildman–Crippen MR) is 103 cm³/mol. The molecule has 0 unspecified atom stereocenters. The zero-order valence-electron chi connectivity index (χ0n) is 14.5. The number of carbonyl (C=O) groups excluding carboxylic acids is 1. The first kappa shape index (κ1) is 19.0. The van der Waals surface area contributed by atoms with E-state index in [4.69, 9.17) is 11.6 Å². The van der Waals surface area contributed by atoms with E-state index in [1.807, 2.05) is 0 Å². The maximum Gasteiger partial charge on any atom is 0.355 e. The second kappa shape index (κ2) is 8.27. The molecule has 0 bridgehead atoms. The van der Waals surface area contributed by atoms with Crippen LogP contribution >= 0.6 is 11.6 Å². The number of benzene rings is 1. The van der Waals surface area contributed by atoms with Crippen LogP contribution in [0, 0.1) is 17.0 Å². The van der Waals surface area contributed by atoms with Gasteiger partial charge in [-0.3, -0.25) is 25.8 Å². The van der Waals surface area contributed by atoms with Crippen LogP contribution < -0.4 is 16.2 Å². The smallest absolute Gasteiger partial charge is 0.319 e. The fourth-order valence-electron chi connectivity index (χ4n) is 2.29. The Kier molecular flexibility index (Phi) is 5.61. The molecule has 3 aromatic rings. The van der Waals surface area contributed by atoms with Gasteiger partial charge in [-0.1, -0.05) is 23.7 Å². The molecule has 0 aliphatic rings. The number of halogens is 1. The van der Waals surface area contributed by atoms with Crippen molar-refractivity contribution in [2.75, 3.05) is 10.7 Å². The van der Waals surface area contributed by atoms with Crippen LogP contribution in [0.25, 0.3) is 0 Å². The Bertz CT molecular complexity index is 1040. The van der Waals surface area contributed by atoms with Crippen LogP contribution in [0.3, 0.4) is 0 Å². The number of anilines is 3. The van der Waals surface area contributed by atoms with E-state index in [1.54, 1.807) is 43.3 Å². The number of hydrazine groups is 1. The van der Waals surface area contributed by atoms with Gasteiger partial charge in [-0.25, -0.2) is 15.0 Å². The summed E-state index contributed by atoms with van der Waals surface area (Å²) in [7, 11) is 0. The molecule has 2 aromatic heterocycles. The molecule has 3 N–H and O–H groups in total. The van der Waals surface area contributed by atoms with Crippen molar-refractivity contribution in [1.82, 2.24) is 20.4 Å². The molecule has 10 nitrogen and oxygen atoms in total. The molecule has 0 radical (unpaired) electrons. The van der Waals surface area contributed by atoms with Crippen LogP contribution in [0.2, 0.25) is 5.02 Å². The Balaban J connectivity index is 1.83. The van der Waals surface area contributed by atoms with Gasteiger partial charge in [0.05, 0.1) is 4.92 Å². The lowest BCUT2D eigenvalue weighted by molar-refractivity contribution is -0.383. The molecular formula is C17H14ClN7O3. The summed E-state index contributed by atoms with van der Waals surface area (Å²) in [5.41, 5.74) is 5.37. The molecule has 0 spiro atoms. The molecule has 11 heteroatoms. The van der Waals surface area contributed by atoms with Crippen LogP contribution in [-0.2, 0) is 0 Å². The average molecular weight is 400 g/mol. The molecule has 28 heavy (non-hydrogen) atoms. The number of nitro groups is 1. The van der Waals surface area contributed by atoms with Crippen LogP contribution in [0.5, 0.6) is 0 Å². The highest BCUT2D eigenvalue weighted by atomic mass is 35.5. The zero-order valence-corrected chi connectivity index (χ0v) is 15.3. The SMILES string of the molecule is Cc1cccc(Nc2ncnc(NNC(=O)c3cccc(Cl)c3)c2[N+](=O)[O-])n1. The number of hydrogen-bond acceptors (Lipinski definition) is 8. The van der Waals surface area contributed by atoms with E-state index < -0.39 is 16.5 Å². The summed E-state index contributed by atoms with van der Waals surface area (Å²) in [6, 6.07) is 11.4. The number of pyridine rings is 1. The summed E-state index contributed by atoms with van der Waals surface area (Å²) >= 11 is 5.86. The maximum absolute atomic E-state index is 12.2. The Labute approximate surface area is 164 Å². The first-order chi connectivity index (χ1) is 13.4. The lowest BCUT2D eigenvalue weighted by atomic mass is 10.2. The van der Waals surface area contributed by atoms with Crippen molar-refractivity contribution in [3.63, 3.8) is 0 Å². The first-order valence-corrected chi connectivity index (χ1v) is 8.34. The van der Waals surface area contributed by atoms with E-state index in [9.17, 15) is 14.9 Å². The quantitative estimate of drug-likeness (QED) is 0.424. The Morgan fingerprint density at radius 3 is 2.61 bits per heavy atom. The second-order valence-electron chi connectivity index (χ2n) is 5.56. The van der Waals surface area contributed by atoms with E-state index in [0.717, 1.165) is 12.0 Å². The number of aryl methyl sites for hydroxylation is 1. The number of amides is 1. The Hall–Kier alpha value is -3.79. The zero-order chi connectivity index (χ0) is 20.1. The summed E-state index contributed by atoms with van der Waals surface area (Å²) < 4.78 is 0. The molecule has 3 rings (SSSR count). The molecule has 0 aliphatic carbocycles. The summed E-state index contributed by atoms with van der Waals surface area (Å²) in [5, 5.41) is 14.7. The average Bonchev–Trinajstić information content (AvgIpc) is 2.66. The van der Waals surface area contributed by atoms with Crippen molar-refractivity contribution in [2.24, 2.45) is 0 Å². The molecule has 0 saturated carbocycles. The van der Waals surface area contributed by atoms with Gasteiger partial charge < -0.3 is 5.32 Å². The van der Waals surface area contributed by atoms with Crippen molar-refractivity contribution < 1.29 is 9.72 Å². The van der Waals surface area contributed by atoms with Gasteiger partial charge >= 0.3 is 5.69 Å². The maximum atomic E-state index is 12.2. The van der Waals surface area contributed by atoms with Gasteiger partial charge in [0.1, 0.15) is 12.1 Å². The molecule has 0 atom stereocenters. The van der Waals surface area contributed by atoms with E-state index in [2.05, 4.69) is 31.1 Å². The molecule has 142 valence electrons. The van der Waals surface area contributed by atoms with Crippen LogP contribution in [0.1, 0.15) is 16.1 Å². The number of carbonyl (C=O) groups is 1. The van der Waals surface area contributed by atoms with Gasteiger partial charge in [0, 0.05) is 16.3 Å². The van der Waals surface area contributed by atoms with Gasteiger partial charge in [-0.15, -0.1) is 0 Å². The van der Waals surface area contributed by atoms with Gasteiger partial charge in [-0.05, 0) is 37.3 Å². The lowest BCUT2D eigenvalue weighted by Crippen LogP contribution is -2.30. The highest BCUT2D eigenvalue weighted by Gasteiger charge is 2.24. The molecule has 0 fully saturated rings. The van der Waals surface area contributed by atoms with Crippen molar-refractivity contribution in [3.8, 4) is 0 Å². The predicted octanol–water partition coefficient (Wildman–Crippen LogP) is 3.24. The topological polar surface area (TPSA) is 135 Å². The second-order valence-corrected chi connectivity index (χ2v) is 5.99. The number of nitrogens with one attached hydrogen (secondary N) is 3. The third-order valence-electron chi connectivity index (χ3n) is 3.52. The van der Waals surface area contributed by atoms with Crippen LogP contribution in [-0.4, -0.2) is 25.8 Å². The van der Waals surface area contributed by atoms with Crippen molar-refractivity contribution >= 4 is 40.6 Å². The highest BCUT2D eigenvalue weighted by Crippen LogP contribution is 2.30. The molecule has 1 amide bonds. The Morgan fingerprint density at radius 1 is 1.14 bits per heavy atom. The highest BCUT2D eigenvalue weighted by molar-refractivity contribution is 6.30. The molecule has 2 heterocycles. The van der Waals surface area contributed by atoms with E-state index in [0.29, 0.717) is 10.8 Å². The summed E-state index contributed by atoms with van der Waals surface area (Å²) in [6.45, 7) is 1.79. The van der Waals surface area contributed by atoms with Crippen molar-refractivity contribution in [2.45, 2.75) is 6.92 Å². The van der Waals surface area contributed by atoms with Gasteiger partial charge in [0.25, 0.3) is 5.91 Å². The monoisotopic (exact) mass is 399 g/mol. The molecule has 0 saturated heterocycles. The van der Waals surface area contributed by atoms with Crippen molar-refractivity contribution in [1.29, 1.82) is 0 Å². The van der Waals surface area contributed by atoms with Gasteiger partial charge in [0.2, 0.25) is 11.6 Å². The van der Waals surface area contributed by atoms with E-state index >= 15 is 0 Å². The van der Waals surface area contributed by atoms with Crippen LogP contribution in [0.15, 0.2) is 48.8 Å². The third kappa shape index (κ3) is 4.48. The number of aromatic nitrogens is 3. The van der Waals surface area contributed by atoms with Gasteiger partial charge in [0.15, 0.2) is 0 Å². The number of hydrogen-bond donors (Lipinski definition) is 3. The Morgan fingerprint density at radius 2 is 1.89 bits per heavy atom.